The molecule has 0 spiro atoms. The first kappa shape index (κ1) is 21.0. The summed E-state index contributed by atoms with van der Waals surface area (Å²) in [6.45, 7) is 0.102. The molecule has 39 heavy (non-hydrogen) atoms. The predicted molar refractivity (Wildman–Crippen MR) is 165 cm³/mol. The maximum atomic E-state index is 2.61. The first-order valence-corrected chi connectivity index (χ1v) is 13.6. The Morgan fingerprint density at radius 2 is 1.21 bits per heavy atom. The molecule has 3 heterocycles. The van der Waals surface area contributed by atoms with Gasteiger partial charge in [0, 0.05) is 44.4 Å². The van der Waals surface area contributed by atoms with Crippen molar-refractivity contribution in [1.82, 2.24) is 4.48 Å². The lowest BCUT2D eigenvalue weighted by Gasteiger charge is -2.40. The van der Waals surface area contributed by atoms with E-state index in [0.717, 1.165) is 0 Å². The highest BCUT2D eigenvalue weighted by molar-refractivity contribution is 6.90. The van der Waals surface area contributed by atoms with Crippen molar-refractivity contribution in [2.75, 3.05) is 4.90 Å². The third kappa shape index (κ3) is 2.77. The maximum absolute atomic E-state index is 2.61. The topological polar surface area (TPSA) is 8.17 Å². The van der Waals surface area contributed by atoms with Crippen LogP contribution in [0.3, 0.4) is 0 Å². The average Bonchev–Trinajstić information content (AvgIpc) is 3.34. The molecule has 0 bridgehead atoms. The van der Waals surface area contributed by atoms with Gasteiger partial charge in [0.05, 0.1) is 0 Å². The van der Waals surface area contributed by atoms with E-state index in [0.29, 0.717) is 0 Å². The minimum absolute atomic E-state index is 0.102. The van der Waals surface area contributed by atoms with Gasteiger partial charge >= 0.3 is 6.85 Å². The number of hydrogen-bond acceptors (Lipinski definition) is 1. The van der Waals surface area contributed by atoms with Crippen LogP contribution in [0.1, 0.15) is 0 Å². The van der Waals surface area contributed by atoms with Gasteiger partial charge in [-0.3, -0.25) is 0 Å². The van der Waals surface area contributed by atoms with Crippen molar-refractivity contribution in [3.05, 3.63) is 140 Å². The lowest BCUT2D eigenvalue weighted by molar-refractivity contribution is 1.25. The number of para-hydroxylation sites is 3. The van der Waals surface area contributed by atoms with Gasteiger partial charge in [0.25, 0.3) is 0 Å². The number of aromatic nitrogens is 1. The lowest BCUT2D eigenvalue weighted by Crippen LogP contribution is -2.56. The molecule has 0 N–H and O–H groups in total. The minimum Gasteiger partial charge on any atom is -0.375 e. The van der Waals surface area contributed by atoms with E-state index in [1.165, 1.54) is 72.0 Å². The summed E-state index contributed by atoms with van der Waals surface area (Å²) in [7, 11) is 0. The minimum atomic E-state index is 0.102. The lowest BCUT2D eigenvalue weighted by atomic mass is 9.45. The van der Waals surface area contributed by atoms with Crippen molar-refractivity contribution in [3.63, 3.8) is 0 Å². The van der Waals surface area contributed by atoms with E-state index < -0.39 is 0 Å². The van der Waals surface area contributed by atoms with Crippen molar-refractivity contribution >= 4 is 56.6 Å². The monoisotopic (exact) mass is 494 g/mol. The predicted octanol–water partition coefficient (Wildman–Crippen LogP) is 7.88. The van der Waals surface area contributed by atoms with E-state index in [2.05, 4.69) is 149 Å². The van der Waals surface area contributed by atoms with Gasteiger partial charge in [-0.1, -0.05) is 97.1 Å². The Labute approximate surface area is 227 Å². The van der Waals surface area contributed by atoms with E-state index in [-0.39, 0.29) is 6.85 Å². The summed E-state index contributed by atoms with van der Waals surface area (Å²) < 4.78 is 2.61. The van der Waals surface area contributed by atoms with Crippen molar-refractivity contribution in [1.29, 1.82) is 0 Å². The van der Waals surface area contributed by atoms with Crippen LogP contribution < -0.4 is 15.8 Å². The number of benzene rings is 6. The van der Waals surface area contributed by atoms with E-state index in [9.17, 15) is 0 Å². The number of fused-ring (bicyclic) bond motifs is 7. The summed E-state index contributed by atoms with van der Waals surface area (Å²) in [5, 5.41) is 2.63. The Balaban J connectivity index is 1.46. The molecule has 0 fully saturated rings. The smallest absolute Gasteiger partial charge is 0.333 e. The summed E-state index contributed by atoms with van der Waals surface area (Å²) in [6.07, 6.45) is 0. The summed E-state index contributed by atoms with van der Waals surface area (Å²) in [4.78, 5) is 2.44. The zero-order chi connectivity index (χ0) is 25.5. The molecule has 6 aromatic carbocycles. The summed E-state index contributed by atoms with van der Waals surface area (Å²) >= 11 is 0. The largest absolute Gasteiger partial charge is 0.375 e. The summed E-state index contributed by atoms with van der Waals surface area (Å²) in [6, 6.07) is 51.1. The Kier molecular flexibility index (Phi) is 4.17. The van der Waals surface area contributed by atoms with Crippen molar-refractivity contribution < 1.29 is 0 Å². The van der Waals surface area contributed by atoms with E-state index in [1.807, 2.05) is 0 Å². The molecule has 0 amide bonds. The van der Waals surface area contributed by atoms with Gasteiger partial charge in [0.1, 0.15) is 0 Å². The highest BCUT2D eigenvalue weighted by atomic mass is 15.2. The van der Waals surface area contributed by atoms with Gasteiger partial charge in [0.2, 0.25) is 0 Å². The highest BCUT2D eigenvalue weighted by Crippen LogP contribution is 2.46. The highest BCUT2D eigenvalue weighted by Gasteiger charge is 2.42. The second-order valence-corrected chi connectivity index (χ2v) is 10.5. The van der Waals surface area contributed by atoms with E-state index in [1.54, 1.807) is 0 Å². The third-order valence-corrected chi connectivity index (χ3v) is 8.54. The number of anilines is 3. The molecule has 0 unspecified atom stereocenters. The Hall–Kier alpha value is -5.02. The number of rotatable bonds is 2. The van der Waals surface area contributed by atoms with E-state index >= 15 is 0 Å². The van der Waals surface area contributed by atoms with Crippen LogP contribution in [0.4, 0.5) is 17.1 Å². The Morgan fingerprint density at radius 3 is 2.08 bits per heavy atom. The van der Waals surface area contributed by atoms with Crippen LogP contribution in [-0.2, 0) is 0 Å². The van der Waals surface area contributed by atoms with Crippen molar-refractivity contribution in [2.24, 2.45) is 0 Å². The van der Waals surface area contributed by atoms with Gasteiger partial charge in [0.15, 0.2) is 0 Å². The van der Waals surface area contributed by atoms with Crippen LogP contribution in [-0.4, -0.2) is 11.3 Å². The van der Waals surface area contributed by atoms with Gasteiger partial charge in [-0.2, -0.15) is 0 Å². The molecule has 0 atom stereocenters. The van der Waals surface area contributed by atoms with Gasteiger partial charge < -0.3 is 9.38 Å². The maximum Gasteiger partial charge on any atom is 0.333 e. The fourth-order valence-electron chi connectivity index (χ4n) is 7.00. The molecule has 7 aromatic rings. The Bertz CT molecular complexity index is 2080. The van der Waals surface area contributed by atoms with Gasteiger partial charge in [-0.15, -0.1) is 0 Å². The molecule has 2 aliphatic heterocycles. The fraction of sp³-hybridized carbons (Fsp3) is 0. The molecule has 0 radical (unpaired) electrons. The second kappa shape index (κ2) is 7.75. The number of hydrogen-bond donors (Lipinski definition) is 0. The molecular weight excluding hydrogens is 471 g/mol. The molecule has 2 nitrogen and oxygen atoms in total. The standard InChI is InChI=1S/C36H23BN2/c1-3-12-24(13-4-1)25-22-29-27-16-7-9-19-32(27)39-36(29)30(23-25)28-17-11-21-34-35(28)37(39)31-18-8-10-20-33(31)38(34)26-14-5-2-6-15-26/h1-23H. The third-order valence-electron chi connectivity index (χ3n) is 8.54. The quantitative estimate of drug-likeness (QED) is 0.222. The van der Waals surface area contributed by atoms with Crippen molar-refractivity contribution in [3.8, 4) is 22.3 Å². The zero-order valence-electron chi connectivity index (χ0n) is 21.3. The van der Waals surface area contributed by atoms with Gasteiger partial charge in [-0.05, 0) is 70.1 Å². The first-order valence-electron chi connectivity index (χ1n) is 13.6. The molecular formula is C36H23BN2. The summed E-state index contributed by atoms with van der Waals surface area (Å²) in [5.41, 5.74) is 14.1. The second-order valence-electron chi connectivity index (χ2n) is 10.5. The van der Waals surface area contributed by atoms with Crippen LogP contribution in [0.5, 0.6) is 0 Å². The van der Waals surface area contributed by atoms with Crippen LogP contribution >= 0.6 is 0 Å². The van der Waals surface area contributed by atoms with Crippen LogP contribution in [0.25, 0.3) is 44.1 Å². The average molecular weight is 494 g/mol. The molecule has 3 heteroatoms. The zero-order valence-corrected chi connectivity index (χ0v) is 21.3. The molecule has 0 saturated heterocycles. The first-order chi connectivity index (χ1) is 19.4. The van der Waals surface area contributed by atoms with E-state index in [4.69, 9.17) is 0 Å². The van der Waals surface area contributed by atoms with Gasteiger partial charge in [-0.25, -0.2) is 0 Å². The van der Waals surface area contributed by atoms with Crippen LogP contribution in [0, 0.1) is 0 Å². The SMILES string of the molecule is c1ccc(-c2cc3c4c(c2)c2ccccc2n4B2c4ccccc4N(c4ccccc4)c4cccc-3c42)cc1. The molecule has 0 aliphatic carbocycles. The molecule has 180 valence electrons. The summed E-state index contributed by atoms with van der Waals surface area (Å²) in [5.74, 6) is 0. The van der Waals surface area contributed by atoms with Crippen LogP contribution in [0.2, 0.25) is 0 Å². The van der Waals surface area contributed by atoms with Crippen molar-refractivity contribution in [2.45, 2.75) is 0 Å². The normalized spacial score (nSPS) is 13.0. The number of nitrogens with zero attached hydrogens (tertiary/aromatic N) is 2. The molecule has 9 rings (SSSR count). The fourth-order valence-corrected chi connectivity index (χ4v) is 7.00. The molecule has 0 saturated carbocycles. The molecule has 2 aliphatic rings. The molecule has 1 aromatic heterocycles. The Morgan fingerprint density at radius 1 is 0.487 bits per heavy atom. The van der Waals surface area contributed by atoms with Crippen LogP contribution in [0.15, 0.2) is 140 Å².